The molecule has 0 radical (unpaired) electrons. The van der Waals surface area contributed by atoms with Crippen molar-refractivity contribution in [3.05, 3.63) is 29.3 Å². The van der Waals surface area contributed by atoms with Gasteiger partial charge >= 0.3 is 6.09 Å². The second-order valence-corrected chi connectivity index (χ2v) is 12.7. The molecule has 6 nitrogen and oxygen atoms in total. The Labute approximate surface area is 222 Å². The molecule has 0 aromatic heterocycles. The van der Waals surface area contributed by atoms with Crippen LogP contribution in [0.15, 0.2) is 18.2 Å². The molecule has 1 aromatic rings. The Morgan fingerprint density at radius 1 is 1.03 bits per heavy atom. The quantitative estimate of drug-likeness (QED) is 0.577. The zero-order valence-electron chi connectivity index (χ0n) is 22.7. The minimum atomic E-state index is -0.181. The molecule has 2 aliphatic heterocycles. The van der Waals surface area contributed by atoms with Gasteiger partial charge in [0, 0.05) is 19.1 Å². The van der Waals surface area contributed by atoms with Gasteiger partial charge in [0.1, 0.15) is 5.75 Å². The van der Waals surface area contributed by atoms with Crippen LogP contribution in [0.4, 0.5) is 4.79 Å². The summed E-state index contributed by atoms with van der Waals surface area (Å²) in [5.74, 6) is 2.73. The molecule has 37 heavy (non-hydrogen) atoms. The van der Waals surface area contributed by atoms with Crippen molar-refractivity contribution in [3.63, 3.8) is 0 Å². The molecule has 2 heterocycles. The fraction of sp³-hybridized carbons (Fsp3) is 0.774. The number of aliphatic hydroxyl groups excluding tert-OH is 1. The number of carbonyl (C=O) groups is 1. The predicted octanol–water partition coefficient (Wildman–Crippen LogP) is 5.37. The molecule has 6 rings (SSSR count). The standard InChI is InChI=1S/C31H46N2O4/c1-31-14-11-26-25-8-6-24(21-22(25)5-7-27(26)28(31)9-10-29(31)36-20-19-34)37-30(35)33-17-12-23(13-18-33)32-15-3-2-4-16-32/h6,8,21,23,26-29,34H,2-5,7,9-20H2,1H3. The largest absolute Gasteiger partial charge is 0.415 e. The van der Waals surface area contributed by atoms with Gasteiger partial charge in [0.05, 0.1) is 19.3 Å². The van der Waals surface area contributed by atoms with Gasteiger partial charge < -0.3 is 24.4 Å². The van der Waals surface area contributed by atoms with Gasteiger partial charge in [-0.25, -0.2) is 4.79 Å². The van der Waals surface area contributed by atoms with Gasteiger partial charge in [-0.3, -0.25) is 0 Å². The molecule has 5 unspecified atom stereocenters. The van der Waals surface area contributed by atoms with E-state index in [2.05, 4.69) is 24.0 Å². The average Bonchev–Trinajstić information content (AvgIpc) is 3.28. The van der Waals surface area contributed by atoms with Crippen molar-refractivity contribution >= 4 is 6.09 Å². The van der Waals surface area contributed by atoms with Crippen molar-refractivity contribution in [2.24, 2.45) is 17.3 Å². The van der Waals surface area contributed by atoms with Crippen molar-refractivity contribution in [2.45, 2.75) is 95.6 Å². The number of hydrogen-bond donors (Lipinski definition) is 1. The molecular weight excluding hydrogens is 464 g/mol. The third kappa shape index (κ3) is 4.94. The van der Waals surface area contributed by atoms with Crippen LogP contribution in [0.1, 0.15) is 88.2 Å². The fourth-order valence-electron chi connectivity index (χ4n) is 8.91. The van der Waals surface area contributed by atoms with Crippen molar-refractivity contribution in [2.75, 3.05) is 39.4 Å². The number of aryl methyl sites for hydroxylation is 1. The molecule has 6 heteroatoms. The SMILES string of the molecule is CC12CCC3c4ccc(OC(=O)N5CCC(N6CCCCC6)CC5)cc4CCC3C1CCC2OCCO. The second-order valence-electron chi connectivity index (χ2n) is 12.7. The van der Waals surface area contributed by atoms with Gasteiger partial charge in [0.25, 0.3) is 0 Å². The second kappa shape index (κ2) is 10.9. The summed E-state index contributed by atoms with van der Waals surface area (Å²) in [4.78, 5) is 17.5. The maximum absolute atomic E-state index is 13.0. The highest BCUT2D eigenvalue weighted by Crippen LogP contribution is 2.61. The molecule has 2 saturated heterocycles. The van der Waals surface area contributed by atoms with E-state index in [1.807, 2.05) is 11.0 Å². The fourth-order valence-corrected chi connectivity index (χ4v) is 8.91. The molecule has 5 aliphatic rings. The van der Waals surface area contributed by atoms with Crippen molar-refractivity contribution < 1.29 is 19.4 Å². The Bertz CT molecular complexity index is 955. The third-order valence-electron chi connectivity index (χ3n) is 10.9. The zero-order chi connectivity index (χ0) is 25.4. The van der Waals surface area contributed by atoms with Crippen LogP contribution in [-0.2, 0) is 11.2 Å². The van der Waals surface area contributed by atoms with E-state index in [1.54, 1.807) is 0 Å². The molecule has 1 N–H and O–H groups in total. The number of piperidine rings is 2. The number of ether oxygens (including phenoxy) is 2. The van der Waals surface area contributed by atoms with E-state index in [0.29, 0.717) is 42.3 Å². The van der Waals surface area contributed by atoms with Crippen LogP contribution in [0.3, 0.4) is 0 Å². The first-order valence-corrected chi connectivity index (χ1v) is 15.1. The van der Waals surface area contributed by atoms with Gasteiger partial charge in [-0.15, -0.1) is 0 Å². The van der Waals surface area contributed by atoms with Crippen LogP contribution in [0, 0.1) is 17.3 Å². The van der Waals surface area contributed by atoms with Gasteiger partial charge in [0.2, 0.25) is 0 Å². The van der Waals surface area contributed by atoms with Crippen LogP contribution in [-0.4, -0.2) is 72.5 Å². The summed E-state index contributed by atoms with van der Waals surface area (Å²) in [6.45, 7) is 7.07. The number of likely N-dealkylation sites (tertiary alicyclic amines) is 2. The highest BCUT2D eigenvalue weighted by Gasteiger charge is 2.55. The van der Waals surface area contributed by atoms with Crippen LogP contribution in [0.25, 0.3) is 0 Å². The number of benzene rings is 1. The highest BCUT2D eigenvalue weighted by atomic mass is 16.6. The first kappa shape index (κ1) is 25.6. The van der Waals surface area contributed by atoms with Gasteiger partial charge in [-0.2, -0.15) is 0 Å². The van der Waals surface area contributed by atoms with Crippen LogP contribution < -0.4 is 4.74 Å². The summed E-state index contributed by atoms with van der Waals surface area (Å²) in [7, 11) is 0. The Hall–Kier alpha value is -1.63. The molecule has 0 spiro atoms. The lowest BCUT2D eigenvalue weighted by Crippen LogP contribution is -2.48. The lowest BCUT2D eigenvalue weighted by molar-refractivity contribution is -0.0710. The number of hydrogen-bond acceptors (Lipinski definition) is 5. The van der Waals surface area contributed by atoms with Gasteiger partial charge in [-0.05, 0) is 124 Å². The zero-order valence-corrected chi connectivity index (χ0v) is 22.7. The molecule has 5 atom stereocenters. The smallest absolute Gasteiger partial charge is 0.410 e. The first-order valence-electron chi connectivity index (χ1n) is 15.1. The van der Waals surface area contributed by atoms with Crippen molar-refractivity contribution in [3.8, 4) is 5.75 Å². The summed E-state index contributed by atoms with van der Waals surface area (Å²) in [6, 6.07) is 7.08. The maximum atomic E-state index is 13.0. The first-order chi connectivity index (χ1) is 18.1. The Morgan fingerprint density at radius 2 is 1.84 bits per heavy atom. The molecular formula is C31H46N2O4. The number of rotatable bonds is 5. The van der Waals surface area contributed by atoms with E-state index in [-0.39, 0.29) is 18.1 Å². The van der Waals surface area contributed by atoms with Crippen molar-refractivity contribution in [1.82, 2.24) is 9.80 Å². The monoisotopic (exact) mass is 510 g/mol. The van der Waals surface area contributed by atoms with E-state index in [4.69, 9.17) is 9.47 Å². The predicted molar refractivity (Wildman–Crippen MR) is 144 cm³/mol. The van der Waals surface area contributed by atoms with Crippen LogP contribution >= 0.6 is 0 Å². The lowest BCUT2D eigenvalue weighted by atomic mass is 9.55. The number of amides is 1. The number of carbonyl (C=O) groups excluding carboxylic acids is 1. The molecule has 1 aromatic carbocycles. The average molecular weight is 511 g/mol. The van der Waals surface area contributed by atoms with E-state index >= 15 is 0 Å². The topological polar surface area (TPSA) is 62.2 Å². The van der Waals surface area contributed by atoms with Gasteiger partial charge in [0.15, 0.2) is 0 Å². The van der Waals surface area contributed by atoms with E-state index in [0.717, 1.165) is 38.8 Å². The number of fused-ring (bicyclic) bond motifs is 5. The van der Waals surface area contributed by atoms with E-state index in [1.165, 1.54) is 69.2 Å². The normalized spacial score (nSPS) is 34.5. The summed E-state index contributed by atoms with van der Waals surface area (Å²) < 4.78 is 12.0. The van der Waals surface area contributed by atoms with Gasteiger partial charge in [-0.1, -0.05) is 19.4 Å². The van der Waals surface area contributed by atoms with E-state index < -0.39 is 0 Å². The molecule has 3 aliphatic carbocycles. The van der Waals surface area contributed by atoms with Crippen LogP contribution in [0.2, 0.25) is 0 Å². The summed E-state index contributed by atoms with van der Waals surface area (Å²) >= 11 is 0. The van der Waals surface area contributed by atoms with Crippen LogP contribution in [0.5, 0.6) is 5.75 Å². The number of aliphatic hydroxyl groups is 1. The van der Waals surface area contributed by atoms with E-state index in [9.17, 15) is 9.90 Å². The maximum Gasteiger partial charge on any atom is 0.415 e. The Morgan fingerprint density at radius 3 is 2.62 bits per heavy atom. The summed E-state index contributed by atoms with van der Waals surface area (Å²) in [5, 5.41) is 9.25. The minimum absolute atomic E-state index is 0.112. The highest BCUT2D eigenvalue weighted by molar-refractivity contribution is 5.71. The summed E-state index contributed by atoms with van der Waals surface area (Å²) in [6.07, 6.45) is 13.3. The summed E-state index contributed by atoms with van der Waals surface area (Å²) in [5.41, 5.74) is 3.11. The molecule has 2 saturated carbocycles. The Kier molecular flexibility index (Phi) is 7.52. The lowest BCUT2D eigenvalue weighted by Gasteiger charge is -2.50. The molecule has 204 valence electrons. The third-order valence-corrected chi connectivity index (χ3v) is 10.9. The number of nitrogens with zero attached hydrogens (tertiary/aromatic N) is 2. The Balaban J connectivity index is 1.06. The molecule has 4 fully saturated rings. The molecule has 0 bridgehead atoms. The van der Waals surface area contributed by atoms with Crippen molar-refractivity contribution in [1.29, 1.82) is 0 Å². The molecule has 1 amide bonds. The minimum Gasteiger partial charge on any atom is -0.410 e.